The molecule has 0 aliphatic heterocycles. The molecular weight excluding hydrogens is 266 g/mol. The Balaban J connectivity index is 2.28. The first-order valence-corrected chi connectivity index (χ1v) is 6.99. The van der Waals surface area contributed by atoms with Crippen LogP contribution in [0, 0.1) is 0 Å². The molecule has 21 heavy (non-hydrogen) atoms. The number of fused-ring (bicyclic) bond motifs is 1. The third kappa shape index (κ3) is 1.99. The van der Waals surface area contributed by atoms with Crippen LogP contribution >= 0.6 is 0 Å². The summed E-state index contributed by atoms with van der Waals surface area (Å²) in [6, 6.07) is 9.85. The van der Waals surface area contributed by atoms with E-state index in [1.54, 1.807) is 20.3 Å². The van der Waals surface area contributed by atoms with Crippen molar-refractivity contribution in [3.63, 3.8) is 0 Å². The molecule has 0 unspecified atom stereocenters. The first kappa shape index (κ1) is 13.7. The Bertz CT molecular complexity index is 728. The molecule has 0 amide bonds. The smallest absolute Gasteiger partial charge is 0.235 e. The number of rotatable bonds is 4. The minimum Gasteiger partial charge on any atom is -0.496 e. The third-order valence-corrected chi connectivity index (χ3v) is 4.34. The maximum absolute atomic E-state index is 10.8. The van der Waals surface area contributed by atoms with Gasteiger partial charge in [-0.25, -0.2) is 4.79 Å². The van der Waals surface area contributed by atoms with Gasteiger partial charge in [0.15, 0.2) is 0 Å². The van der Waals surface area contributed by atoms with Gasteiger partial charge in [-0.1, -0.05) is 24.3 Å². The van der Waals surface area contributed by atoms with E-state index >= 15 is 0 Å². The standard InChI is InChI=1S/C17H17NO3/c1-20-15-6-3-5-13-12(15)7-8-14(16(13)21-2)17(18-11-19)9-4-10-17/h3,5-8H,4,9-10H2,1-2H3. The number of methoxy groups -OCH3 is 2. The molecule has 2 aromatic carbocycles. The van der Waals surface area contributed by atoms with Crippen molar-refractivity contribution in [2.75, 3.05) is 14.2 Å². The van der Waals surface area contributed by atoms with Crippen LogP contribution in [0.25, 0.3) is 10.8 Å². The van der Waals surface area contributed by atoms with Crippen LogP contribution in [0.1, 0.15) is 24.8 Å². The molecule has 0 N–H and O–H groups in total. The Morgan fingerprint density at radius 3 is 2.48 bits per heavy atom. The molecule has 2 aromatic rings. The van der Waals surface area contributed by atoms with E-state index in [0.717, 1.165) is 47.1 Å². The Kier molecular flexibility index (Phi) is 3.40. The van der Waals surface area contributed by atoms with E-state index in [1.807, 2.05) is 30.3 Å². The van der Waals surface area contributed by atoms with Crippen molar-refractivity contribution in [3.05, 3.63) is 35.9 Å². The lowest BCUT2D eigenvalue weighted by molar-refractivity contribution is 0.247. The van der Waals surface area contributed by atoms with E-state index in [1.165, 1.54) is 0 Å². The van der Waals surface area contributed by atoms with Crippen LogP contribution < -0.4 is 9.47 Å². The monoisotopic (exact) mass is 283 g/mol. The van der Waals surface area contributed by atoms with Gasteiger partial charge >= 0.3 is 0 Å². The second-order valence-electron chi connectivity index (χ2n) is 5.29. The highest BCUT2D eigenvalue weighted by molar-refractivity contribution is 5.94. The van der Waals surface area contributed by atoms with Crippen molar-refractivity contribution in [1.29, 1.82) is 0 Å². The summed E-state index contributed by atoms with van der Waals surface area (Å²) in [5.41, 5.74) is 0.491. The summed E-state index contributed by atoms with van der Waals surface area (Å²) in [5, 5.41) is 1.96. The minimum absolute atomic E-state index is 0.468. The van der Waals surface area contributed by atoms with E-state index in [-0.39, 0.29) is 0 Å². The number of hydrogen-bond donors (Lipinski definition) is 0. The first-order chi connectivity index (χ1) is 10.3. The molecule has 0 atom stereocenters. The van der Waals surface area contributed by atoms with Gasteiger partial charge in [0.05, 0.1) is 14.2 Å². The number of ether oxygens (including phenoxy) is 2. The molecule has 0 bridgehead atoms. The Labute approximate surface area is 123 Å². The van der Waals surface area contributed by atoms with Gasteiger partial charge in [0, 0.05) is 16.3 Å². The molecule has 0 spiro atoms. The highest BCUT2D eigenvalue weighted by Gasteiger charge is 2.41. The van der Waals surface area contributed by atoms with Crippen molar-refractivity contribution in [1.82, 2.24) is 0 Å². The highest BCUT2D eigenvalue weighted by atomic mass is 16.5. The van der Waals surface area contributed by atoms with Crippen molar-refractivity contribution in [3.8, 4) is 11.5 Å². The SMILES string of the molecule is COc1cccc2c(OC)c(C3(N=C=O)CCC3)ccc12. The Morgan fingerprint density at radius 2 is 1.90 bits per heavy atom. The Morgan fingerprint density at radius 1 is 1.10 bits per heavy atom. The quantitative estimate of drug-likeness (QED) is 0.636. The summed E-state index contributed by atoms with van der Waals surface area (Å²) in [6.07, 6.45) is 4.50. The molecule has 4 heteroatoms. The fourth-order valence-corrected chi connectivity index (χ4v) is 3.11. The molecule has 0 aromatic heterocycles. The molecule has 0 radical (unpaired) electrons. The molecule has 0 heterocycles. The van der Waals surface area contributed by atoms with Gasteiger partial charge in [0.2, 0.25) is 6.08 Å². The number of nitrogens with zero attached hydrogens (tertiary/aromatic N) is 1. The van der Waals surface area contributed by atoms with Gasteiger partial charge in [-0.3, -0.25) is 0 Å². The largest absolute Gasteiger partial charge is 0.496 e. The predicted molar refractivity (Wildman–Crippen MR) is 80.7 cm³/mol. The summed E-state index contributed by atoms with van der Waals surface area (Å²) in [6.45, 7) is 0. The van der Waals surface area contributed by atoms with E-state index in [4.69, 9.17) is 9.47 Å². The van der Waals surface area contributed by atoms with Crippen molar-refractivity contribution >= 4 is 16.9 Å². The average molecular weight is 283 g/mol. The lowest BCUT2D eigenvalue weighted by atomic mass is 9.71. The zero-order chi connectivity index (χ0) is 14.9. The molecule has 1 aliphatic rings. The summed E-state index contributed by atoms with van der Waals surface area (Å²) >= 11 is 0. The molecule has 1 aliphatic carbocycles. The van der Waals surface area contributed by atoms with Gasteiger partial charge < -0.3 is 9.47 Å². The Hall–Kier alpha value is -2.32. The topological polar surface area (TPSA) is 47.9 Å². The second-order valence-corrected chi connectivity index (χ2v) is 5.29. The summed E-state index contributed by atoms with van der Waals surface area (Å²) in [7, 11) is 3.30. The van der Waals surface area contributed by atoms with E-state index < -0.39 is 5.54 Å². The molecule has 1 saturated carbocycles. The summed E-state index contributed by atoms with van der Waals surface area (Å²) in [4.78, 5) is 14.9. The summed E-state index contributed by atoms with van der Waals surface area (Å²) in [5.74, 6) is 1.57. The molecule has 108 valence electrons. The number of aliphatic imine (C=N–C) groups is 1. The average Bonchev–Trinajstić information content (AvgIpc) is 2.49. The van der Waals surface area contributed by atoms with Crippen LogP contribution in [0.4, 0.5) is 0 Å². The van der Waals surface area contributed by atoms with Crippen molar-refractivity contribution < 1.29 is 14.3 Å². The van der Waals surface area contributed by atoms with E-state index in [2.05, 4.69) is 4.99 Å². The number of hydrogen-bond acceptors (Lipinski definition) is 4. The highest BCUT2D eigenvalue weighted by Crippen LogP contribution is 2.50. The summed E-state index contributed by atoms with van der Waals surface area (Å²) < 4.78 is 11.0. The number of carbonyl (C=O) groups excluding carboxylic acids is 1. The van der Waals surface area contributed by atoms with Crippen LogP contribution in [0.2, 0.25) is 0 Å². The van der Waals surface area contributed by atoms with Crippen LogP contribution in [0.15, 0.2) is 35.3 Å². The lowest BCUT2D eigenvalue weighted by Gasteiger charge is -2.38. The fourth-order valence-electron chi connectivity index (χ4n) is 3.11. The normalized spacial score (nSPS) is 15.9. The van der Waals surface area contributed by atoms with Crippen molar-refractivity contribution in [2.24, 2.45) is 4.99 Å². The lowest BCUT2D eigenvalue weighted by Crippen LogP contribution is -2.32. The van der Waals surface area contributed by atoms with Gasteiger partial charge in [0.1, 0.15) is 17.0 Å². The first-order valence-electron chi connectivity index (χ1n) is 6.99. The molecule has 1 fully saturated rings. The molecule has 4 nitrogen and oxygen atoms in total. The van der Waals surface area contributed by atoms with Crippen LogP contribution in [0.3, 0.4) is 0 Å². The van der Waals surface area contributed by atoms with E-state index in [9.17, 15) is 4.79 Å². The number of benzene rings is 2. The molecule has 3 rings (SSSR count). The minimum atomic E-state index is -0.468. The molecular formula is C17H17NO3. The maximum atomic E-state index is 10.8. The van der Waals surface area contributed by atoms with Crippen LogP contribution in [0.5, 0.6) is 11.5 Å². The number of isocyanates is 1. The molecule has 0 saturated heterocycles. The predicted octanol–water partition coefficient (Wildman–Crippen LogP) is 3.57. The fraction of sp³-hybridized carbons (Fsp3) is 0.353. The van der Waals surface area contributed by atoms with Gasteiger partial charge in [-0.05, 0) is 25.3 Å². The zero-order valence-electron chi connectivity index (χ0n) is 12.2. The zero-order valence-corrected chi connectivity index (χ0v) is 12.2. The van der Waals surface area contributed by atoms with Crippen LogP contribution in [-0.4, -0.2) is 20.3 Å². The van der Waals surface area contributed by atoms with Gasteiger partial charge in [-0.15, -0.1) is 0 Å². The van der Waals surface area contributed by atoms with E-state index in [0.29, 0.717) is 0 Å². The second kappa shape index (κ2) is 5.23. The third-order valence-electron chi connectivity index (χ3n) is 4.34. The van der Waals surface area contributed by atoms with Crippen molar-refractivity contribution in [2.45, 2.75) is 24.8 Å². The maximum Gasteiger partial charge on any atom is 0.235 e. The van der Waals surface area contributed by atoms with Gasteiger partial charge in [-0.2, -0.15) is 4.99 Å². The van der Waals surface area contributed by atoms with Gasteiger partial charge in [0.25, 0.3) is 0 Å². The van der Waals surface area contributed by atoms with Crippen LogP contribution in [-0.2, 0) is 10.3 Å².